The van der Waals surface area contributed by atoms with Crippen LogP contribution in [0, 0.1) is 0 Å². The molecule has 4 aromatic heterocycles. The van der Waals surface area contributed by atoms with Crippen LogP contribution in [0.15, 0.2) is 90.1 Å². The maximum Gasteiger partial charge on any atom is 0.170 e. The van der Waals surface area contributed by atoms with Gasteiger partial charge in [0.2, 0.25) is 0 Å². The van der Waals surface area contributed by atoms with E-state index in [-0.39, 0.29) is 12.1 Å². The van der Waals surface area contributed by atoms with Crippen molar-refractivity contribution in [1.82, 2.24) is 24.8 Å². The number of aromatic nitrogens is 3. The highest BCUT2D eigenvalue weighted by atomic mass is 32.1. The lowest BCUT2D eigenvalue weighted by atomic mass is 10.0. The molecule has 5 heterocycles. The second kappa shape index (κ2) is 7.52. The standard InChI is InChI=1S/C22H19N5OS/c29-22-25-20(18-6-1-2-10-24-18)21(27(22)15-17-5-4-14-28-17)19-7-3-13-26(19)16-8-11-23-12-9-16/h1-14,20-21H,15H2,(H,25,29)/t20-,21-/m0/s1. The summed E-state index contributed by atoms with van der Waals surface area (Å²) in [5.74, 6) is 0.864. The van der Waals surface area contributed by atoms with Gasteiger partial charge >= 0.3 is 0 Å². The summed E-state index contributed by atoms with van der Waals surface area (Å²) in [5.41, 5.74) is 3.12. The zero-order valence-electron chi connectivity index (χ0n) is 15.6. The van der Waals surface area contributed by atoms with Crippen molar-refractivity contribution < 1.29 is 4.42 Å². The summed E-state index contributed by atoms with van der Waals surface area (Å²) in [7, 11) is 0. The van der Waals surface area contributed by atoms with E-state index in [1.807, 2.05) is 48.7 Å². The van der Waals surface area contributed by atoms with Crippen molar-refractivity contribution in [1.29, 1.82) is 0 Å². The lowest BCUT2D eigenvalue weighted by Crippen LogP contribution is -2.29. The number of hydrogen-bond acceptors (Lipinski definition) is 4. The molecule has 7 heteroatoms. The van der Waals surface area contributed by atoms with Crippen molar-refractivity contribution in [3.05, 3.63) is 103 Å². The number of pyridine rings is 2. The lowest BCUT2D eigenvalue weighted by molar-refractivity contribution is 0.280. The molecule has 5 rings (SSSR count). The van der Waals surface area contributed by atoms with E-state index in [0.717, 1.165) is 22.8 Å². The van der Waals surface area contributed by atoms with Crippen molar-refractivity contribution in [3.63, 3.8) is 0 Å². The third kappa shape index (κ3) is 3.30. The minimum absolute atomic E-state index is 0.0503. The first-order valence-electron chi connectivity index (χ1n) is 9.39. The van der Waals surface area contributed by atoms with Gasteiger partial charge in [0.05, 0.1) is 30.6 Å². The highest BCUT2D eigenvalue weighted by Gasteiger charge is 2.41. The molecule has 0 bridgehead atoms. The molecule has 0 aliphatic carbocycles. The van der Waals surface area contributed by atoms with Gasteiger partial charge in [0.15, 0.2) is 5.11 Å². The van der Waals surface area contributed by atoms with Crippen LogP contribution in [0.3, 0.4) is 0 Å². The van der Waals surface area contributed by atoms with Crippen molar-refractivity contribution in [2.75, 3.05) is 0 Å². The molecule has 1 fully saturated rings. The average molecular weight is 401 g/mol. The third-order valence-electron chi connectivity index (χ3n) is 5.13. The average Bonchev–Trinajstić information content (AvgIpc) is 3.51. The molecule has 0 radical (unpaired) electrons. The zero-order valence-corrected chi connectivity index (χ0v) is 16.4. The molecule has 1 N–H and O–H groups in total. The summed E-state index contributed by atoms with van der Waals surface area (Å²) < 4.78 is 7.78. The van der Waals surface area contributed by atoms with Crippen LogP contribution in [-0.4, -0.2) is 24.5 Å². The van der Waals surface area contributed by atoms with Gasteiger partial charge in [-0.2, -0.15) is 0 Å². The van der Waals surface area contributed by atoms with Crippen LogP contribution in [-0.2, 0) is 6.54 Å². The van der Waals surface area contributed by atoms with E-state index >= 15 is 0 Å². The molecule has 2 atom stereocenters. The third-order valence-corrected chi connectivity index (χ3v) is 5.48. The van der Waals surface area contributed by atoms with Crippen molar-refractivity contribution in [3.8, 4) is 5.69 Å². The predicted octanol–water partition coefficient (Wildman–Crippen LogP) is 4.03. The molecule has 6 nitrogen and oxygen atoms in total. The van der Waals surface area contributed by atoms with Crippen molar-refractivity contribution >= 4 is 17.3 Å². The first kappa shape index (κ1) is 17.6. The normalized spacial score (nSPS) is 18.8. The summed E-state index contributed by atoms with van der Waals surface area (Å²) in [4.78, 5) is 10.9. The number of nitrogens with zero attached hydrogens (tertiary/aromatic N) is 4. The van der Waals surface area contributed by atoms with Gasteiger partial charge in [-0.15, -0.1) is 0 Å². The van der Waals surface area contributed by atoms with E-state index in [1.165, 1.54) is 0 Å². The lowest BCUT2D eigenvalue weighted by Gasteiger charge is -2.28. The van der Waals surface area contributed by atoms with E-state index in [9.17, 15) is 0 Å². The maximum absolute atomic E-state index is 5.73. The molecule has 4 aromatic rings. The largest absolute Gasteiger partial charge is 0.467 e. The van der Waals surface area contributed by atoms with E-state index in [2.05, 4.69) is 43.1 Å². The van der Waals surface area contributed by atoms with E-state index in [1.54, 1.807) is 18.7 Å². The predicted molar refractivity (Wildman–Crippen MR) is 113 cm³/mol. The Hall–Kier alpha value is -3.45. The second-order valence-electron chi connectivity index (χ2n) is 6.84. The van der Waals surface area contributed by atoms with Gasteiger partial charge in [-0.1, -0.05) is 6.07 Å². The quantitative estimate of drug-likeness (QED) is 0.510. The van der Waals surface area contributed by atoms with Crippen LogP contribution in [0.2, 0.25) is 0 Å². The van der Waals surface area contributed by atoms with Crippen LogP contribution in [0.4, 0.5) is 0 Å². The van der Waals surface area contributed by atoms with Crippen LogP contribution in [0.1, 0.15) is 29.2 Å². The molecule has 144 valence electrons. The molecule has 0 amide bonds. The van der Waals surface area contributed by atoms with Gasteiger partial charge in [0.1, 0.15) is 5.76 Å². The molecule has 0 unspecified atom stereocenters. The highest BCUT2D eigenvalue weighted by Crippen LogP contribution is 2.40. The number of thiocarbonyl (C=S) groups is 1. The van der Waals surface area contributed by atoms with Crippen LogP contribution < -0.4 is 5.32 Å². The molecular formula is C22H19N5OS. The molecule has 1 aliphatic rings. The summed E-state index contributed by atoms with van der Waals surface area (Å²) in [6.45, 7) is 0.578. The van der Waals surface area contributed by atoms with Crippen molar-refractivity contribution in [2.45, 2.75) is 18.6 Å². The fourth-order valence-corrected chi connectivity index (χ4v) is 4.15. The minimum atomic E-state index is -0.0749. The number of furan rings is 1. The Morgan fingerprint density at radius 2 is 1.90 bits per heavy atom. The number of hydrogen-bond donors (Lipinski definition) is 1. The fraction of sp³-hybridized carbons (Fsp3) is 0.136. The first-order chi connectivity index (χ1) is 14.3. The van der Waals surface area contributed by atoms with Gasteiger partial charge in [0, 0.05) is 36.2 Å². The van der Waals surface area contributed by atoms with Crippen LogP contribution in [0.5, 0.6) is 0 Å². The smallest absolute Gasteiger partial charge is 0.170 e. The molecule has 0 aromatic carbocycles. The Bertz CT molecular complexity index is 1090. The Kier molecular flexibility index (Phi) is 4.57. The van der Waals surface area contributed by atoms with E-state index < -0.39 is 0 Å². The Balaban J connectivity index is 1.61. The SMILES string of the molecule is S=C1N[C@@H](c2ccccn2)[C@H](c2cccn2-c2ccncc2)N1Cc1ccco1. The van der Waals surface area contributed by atoms with Crippen LogP contribution in [0.25, 0.3) is 5.69 Å². The second-order valence-corrected chi connectivity index (χ2v) is 7.23. The van der Waals surface area contributed by atoms with E-state index in [0.29, 0.717) is 11.7 Å². The maximum atomic E-state index is 5.73. The molecule has 0 spiro atoms. The topological polar surface area (TPSA) is 59.1 Å². The molecule has 29 heavy (non-hydrogen) atoms. The van der Waals surface area contributed by atoms with Gasteiger partial charge < -0.3 is 19.2 Å². The summed E-state index contributed by atoms with van der Waals surface area (Å²) >= 11 is 5.73. The minimum Gasteiger partial charge on any atom is -0.467 e. The van der Waals surface area contributed by atoms with Crippen molar-refractivity contribution in [2.24, 2.45) is 0 Å². The molecule has 0 saturated carbocycles. The van der Waals surface area contributed by atoms with Gasteiger partial charge in [-0.05, 0) is 60.7 Å². The Labute approximate surface area is 173 Å². The monoisotopic (exact) mass is 401 g/mol. The highest BCUT2D eigenvalue weighted by molar-refractivity contribution is 7.80. The Morgan fingerprint density at radius 3 is 2.66 bits per heavy atom. The molecule has 1 saturated heterocycles. The zero-order chi connectivity index (χ0) is 19.6. The summed E-state index contributed by atoms with van der Waals surface area (Å²) in [6, 6.07) is 17.9. The first-order valence-corrected chi connectivity index (χ1v) is 9.80. The number of rotatable bonds is 5. The van der Waals surface area contributed by atoms with Gasteiger partial charge in [0.25, 0.3) is 0 Å². The summed E-state index contributed by atoms with van der Waals surface area (Å²) in [5, 5.41) is 4.16. The summed E-state index contributed by atoms with van der Waals surface area (Å²) in [6.07, 6.45) is 9.16. The molecular weight excluding hydrogens is 382 g/mol. The Morgan fingerprint density at radius 1 is 1.00 bits per heavy atom. The number of nitrogens with one attached hydrogen (secondary N) is 1. The van der Waals surface area contributed by atoms with E-state index in [4.69, 9.17) is 16.6 Å². The van der Waals surface area contributed by atoms with Gasteiger partial charge in [-0.3, -0.25) is 9.97 Å². The van der Waals surface area contributed by atoms with Crippen LogP contribution >= 0.6 is 12.2 Å². The molecule has 1 aliphatic heterocycles. The van der Waals surface area contributed by atoms with Gasteiger partial charge in [-0.25, -0.2) is 0 Å². The fourth-order valence-electron chi connectivity index (χ4n) is 3.84.